The predicted octanol–water partition coefficient (Wildman–Crippen LogP) is 1.28. The van der Waals surface area contributed by atoms with Crippen molar-refractivity contribution in [3.8, 4) is 0 Å². The summed E-state index contributed by atoms with van der Waals surface area (Å²) in [4.78, 5) is 4.15. The summed E-state index contributed by atoms with van der Waals surface area (Å²) in [6, 6.07) is 0.270. The van der Waals surface area contributed by atoms with Crippen molar-refractivity contribution in [1.29, 1.82) is 0 Å². The van der Waals surface area contributed by atoms with Gasteiger partial charge in [-0.3, -0.25) is 0 Å². The highest BCUT2D eigenvalue weighted by atomic mass is 16.3. The Balaban J connectivity index is 2.19. The standard InChI is InChI=1S/C9H14N2O/c1-7-5-11(6-10-7)8-3-2-4-9(8)12/h5-6,8-9,12H,2-4H2,1H3. The molecule has 2 atom stereocenters. The Hall–Kier alpha value is -0.830. The minimum Gasteiger partial charge on any atom is -0.391 e. The molecule has 0 amide bonds. The molecule has 66 valence electrons. The fourth-order valence-corrected chi connectivity index (χ4v) is 1.89. The average molecular weight is 166 g/mol. The maximum absolute atomic E-state index is 9.60. The summed E-state index contributed by atoms with van der Waals surface area (Å²) in [7, 11) is 0. The maximum Gasteiger partial charge on any atom is 0.0952 e. The van der Waals surface area contributed by atoms with Crippen molar-refractivity contribution in [2.45, 2.75) is 38.3 Å². The second-order valence-electron chi connectivity index (χ2n) is 3.53. The molecule has 3 heteroatoms. The lowest BCUT2D eigenvalue weighted by atomic mass is 10.2. The topological polar surface area (TPSA) is 38.0 Å². The van der Waals surface area contributed by atoms with Crippen LogP contribution in [-0.4, -0.2) is 20.8 Å². The van der Waals surface area contributed by atoms with E-state index in [4.69, 9.17) is 0 Å². The number of hydrogen-bond acceptors (Lipinski definition) is 2. The zero-order chi connectivity index (χ0) is 8.55. The summed E-state index contributed by atoms with van der Waals surface area (Å²) >= 11 is 0. The van der Waals surface area contributed by atoms with E-state index in [9.17, 15) is 5.11 Å². The van der Waals surface area contributed by atoms with Gasteiger partial charge in [0.15, 0.2) is 0 Å². The Bertz CT molecular complexity index is 269. The van der Waals surface area contributed by atoms with Gasteiger partial charge in [-0.2, -0.15) is 0 Å². The summed E-state index contributed by atoms with van der Waals surface area (Å²) in [6.45, 7) is 1.97. The van der Waals surface area contributed by atoms with Gasteiger partial charge in [0.05, 0.1) is 24.2 Å². The Kier molecular flexibility index (Phi) is 1.89. The molecule has 1 fully saturated rings. The van der Waals surface area contributed by atoms with E-state index >= 15 is 0 Å². The minimum atomic E-state index is -0.168. The zero-order valence-corrected chi connectivity index (χ0v) is 7.27. The van der Waals surface area contributed by atoms with Gasteiger partial charge < -0.3 is 9.67 Å². The first-order valence-electron chi connectivity index (χ1n) is 4.45. The van der Waals surface area contributed by atoms with Gasteiger partial charge in [0, 0.05) is 6.20 Å². The number of rotatable bonds is 1. The highest BCUT2D eigenvalue weighted by Gasteiger charge is 2.26. The first-order chi connectivity index (χ1) is 5.77. The van der Waals surface area contributed by atoms with Crippen molar-refractivity contribution < 1.29 is 5.11 Å². The van der Waals surface area contributed by atoms with E-state index in [-0.39, 0.29) is 12.1 Å². The quantitative estimate of drug-likeness (QED) is 0.682. The number of hydrogen-bond donors (Lipinski definition) is 1. The van der Waals surface area contributed by atoms with Crippen molar-refractivity contribution in [2.75, 3.05) is 0 Å². The zero-order valence-electron chi connectivity index (χ0n) is 7.27. The monoisotopic (exact) mass is 166 g/mol. The largest absolute Gasteiger partial charge is 0.391 e. The number of aliphatic hydroxyl groups excluding tert-OH is 1. The molecular formula is C9H14N2O. The van der Waals surface area contributed by atoms with Crippen LogP contribution in [0, 0.1) is 6.92 Å². The first kappa shape index (κ1) is 7.80. The van der Waals surface area contributed by atoms with Gasteiger partial charge in [-0.25, -0.2) is 4.98 Å². The molecule has 2 rings (SSSR count). The van der Waals surface area contributed by atoms with Crippen LogP contribution in [0.3, 0.4) is 0 Å². The lowest BCUT2D eigenvalue weighted by molar-refractivity contribution is 0.136. The van der Waals surface area contributed by atoms with E-state index in [1.807, 2.05) is 24.0 Å². The number of aliphatic hydroxyl groups is 1. The van der Waals surface area contributed by atoms with Crippen LogP contribution >= 0.6 is 0 Å². The van der Waals surface area contributed by atoms with Crippen molar-refractivity contribution in [1.82, 2.24) is 9.55 Å². The molecular weight excluding hydrogens is 152 g/mol. The van der Waals surface area contributed by atoms with Crippen molar-refractivity contribution in [3.05, 3.63) is 18.2 Å². The average Bonchev–Trinajstić information content (AvgIpc) is 2.58. The molecule has 1 aliphatic rings. The molecule has 1 heterocycles. The van der Waals surface area contributed by atoms with Crippen LogP contribution in [0.4, 0.5) is 0 Å². The Labute approximate surface area is 72.0 Å². The normalized spacial score (nSPS) is 29.5. The number of aromatic nitrogens is 2. The molecule has 1 N–H and O–H groups in total. The number of nitrogens with zero attached hydrogens (tertiary/aromatic N) is 2. The molecule has 3 nitrogen and oxygen atoms in total. The summed E-state index contributed by atoms with van der Waals surface area (Å²) in [5.41, 5.74) is 1.02. The molecule has 0 aliphatic heterocycles. The third-order valence-corrected chi connectivity index (χ3v) is 2.56. The molecule has 0 saturated heterocycles. The first-order valence-corrected chi connectivity index (χ1v) is 4.45. The minimum absolute atomic E-state index is 0.168. The third-order valence-electron chi connectivity index (χ3n) is 2.56. The lowest BCUT2D eigenvalue weighted by Crippen LogP contribution is -2.16. The summed E-state index contributed by atoms with van der Waals surface area (Å²) in [6.07, 6.45) is 6.79. The van der Waals surface area contributed by atoms with Crippen molar-refractivity contribution >= 4 is 0 Å². The third kappa shape index (κ3) is 1.25. The summed E-state index contributed by atoms with van der Waals surface area (Å²) < 4.78 is 2.03. The molecule has 0 radical (unpaired) electrons. The molecule has 1 aromatic rings. The fourth-order valence-electron chi connectivity index (χ4n) is 1.89. The Morgan fingerprint density at radius 3 is 2.92 bits per heavy atom. The van der Waals surface area contributed by atoms with E-state index in [0.717, 1.165) is 25.0 Å². The van der Waals surface area contributed by atoms with Crippen LogP contribution in [-0.2, 0) is 0 Å². The lowest BCUT2D eigenvalue weighted by Gasteiger charge is -2.15. The van der Waals surface area contributed by atoms with E-state index < -0.39 is 0 Å². The molecule has 2 unspecified atom stereocenters. The Morgan fingerprint density at radius 1 is 1.58 bits per heavy atom. The highest BCUT2D eigenvalue weighted by molar-refractivity contribution is 4.96. The SMILES string of the molecule is Cc1cn(C2CCCC2O)cn1. The molecule has 0 bridgehead atoms. The van der Waals surface area contributed by atoms with Gasteiger partial charge in [0.1, 0.15) is 0 Å². The van der Waals surface area contributed by atoms with Crippen LogP contribution in [0.15, 0.2) is 12.5 Å². The molecule has 12 heavy (non-hydrogen) atoms. The van der Waals surface area contributed by atoms with Crippen molar-refractivity contribution in [3.63, 3.8) is 0 Å². The van der Waals surface area contributed by atoms with E-state index in [0.29, 0.717) is 0 Å². The maximum atomic E-state index is 9.60. The summed E-state index contributed by atoms with van der Waals surface area (Å²) in [5, 5.41) is 9.60. The van der Waals surface area contributed by atoms with E-state index in [1.165, 1.54) is 0 Å². The second kappa shape index (κ2) is 2.90. The van der Waals surface area contributed by atoms with Gasteiger partial charge in [0.25, 0.3) is 0 Å². The number of aryl methyl sites for hydroxylation is 1. The fraction of sp³-hybridized carbons (Fsp3) is 0.667. The van der Waals surface area contributed by atoms with Crippen molar-refractivity contribution in [2.24, 2.45) is 0 Å². The van der Waals surface area contributed by atoms with Crippen LogP contribution in [0.2, 0.25) is 0 Å². The Morgan fingerprint density at radius 2 is 2.42 bits per heavy atom. The van der Waals surface area contributed by atoms with Gasteiger partial charge >= 0.3 is 0 Å². The smallest absolute Gasteiger partial charge is 0.0952 e. The van der Waals surface area contributed by atoms with Crippen LogP contribution < -0.4 is 0 Å². The van der Waals surface area contributed by atoms with Gasteiger partial charge in [-0.15, -0.1) is 0 Å². The highest BCUT2D eigenvalue weighted by Crippen LogP contribution is 2.29. The van der Waals surface area contributed by atoms with Gasteiger partial charge in [0.2, 0.25) is 0 Å². The molecule has 0 spiro atoms. The van der Waals surface area contributed by atoms with Crippen LogP contribution in [0.5, 0.6) is 0 Å². The molecule has 1 aromatic heterocycles. The van der Waals surface area contributed by atoms with Gasteiger partial charge in [-0.05, 0) is 26.2 Å². The van der Waals surface area contributed by atoms with Crippen LogP contribution in [0.1, 0.15) is 31.0 Å². The predicted molar refractivity (Wildman–Crippen MR) is 45.9 cm³/mol. The van der Waals surface area contributed by atoms with E-state index in [2.05, 4.69) is 4.98 Å². The van der Waals surface area contributed by atoms with Crippen LogP contribution in [0.25, 0.3) is 0 Å². The second-order valence-corrected chi connectivity index (χ2v) is 3.53. The molecule has 1 aliphatic carbocycles. The molecule has 1 saturated carbocycles. The van der Waals surface area contributed by atoms with E-state index in [1.54, 1.807) is 0 Å². The molecule has 0 aromatic carbocycles. The van der Waals surface area contributed by atoms with Gasteiger partial charge in [-0.1, -0.05) is 0 Å². The summed E-state index contributed by atoms with van der Waals surface area (Å²) in [5.74, 6) is 0. The number of imidazole rings is 1.